The van der Waals surface area contributed by atoms with Crippen LogP contribution in [-0.4, -0.2) is 42.1 Å². The van der Waals surface area contributed by atoms with Gasteiger partial charge in [0.15, 0.2) is 0 Å². The molecule has 0 radical (unpaired) electrons. The van der Waals surface area contributed by atoms with E-state index < -0.39 is 0 Å². The zero-order valence-electron chi connectivity index (χ0n) is 14.5. The molecule has 0 unspecified atom stereocenters. The van der Waals surface area contributed by atoms with Crippen molar-refractivity contribution in [1.82, 2.24) is 15.3 Å². The summed E-state index contributed by atoms with van der Waals surface area (Å²) in [6.07, 6.45) is 3.69. The Morgan fingerprint density at radius 2 is 1.96 bits per heavy atom. The van der Waals surface area contributed by atoms with Crippen LogP contribution in [0.15, 0.2) is 12.1 Å². The predicted octanol–water partition coefficient (Wildman–Crippen LogP) is 3.99. The van der Waals surface area contributed by atoms with Crippen molar-refractivity contribution in [2.45, 2.75) is 26.2 Å². The highest BCUT2D eigenvalue weighted by Gasteiger charge is 2.15. The quantitative estimate of drug-likeness (QED) is 0.700. The van der Waals surface area contributed by atoms with Crippen LogP contribution in [0, 0.1) is 6.92 Å². The first-order chi connectivity index (χ1) is 12.5. The first kappa shape index (κ1) is 19.2. The molecule has 26 heavy (non-hydrogen) atoms. The summed E-state index contributed by atoms with van der Waals surface area (Å²) >= 11 is 13.0. The highest BCUT2D eigenvalue weighted by molar-refractivity contribution is 7.20. The van der Waals surface area contributed by atoms with Crippen molar-refractivity contribution in [2.75, 3.05) is 36.4 Å². The highest BCUT2D eigenvalue weighted by Crippen LogP contribution is 2.30. The van der Waals surface area contributed by atoms with E-state index in [1.807, 2.05) is 13.0 Å². The lowest BCUT2D eigenvalue weighted by atomic mass is 10.1. The summed E-state index contributed by atoms with van der Waals surface area (Å²) in [5.74, 6) is 1.30. The van der Waals surface area contributed by atoms with Gasteiger partial charge in [-0.2, -0.15) is 4.98 Å². The second-order valence-electron chi connectivity index (χ2n) is 6.16. The number of piperidine rings is 1. The topological polar surface area (TPSA) is 70.2 Å². The van der Waals surface area contributed by atoms with E-state index in [1.54, 1.807) is 6.07 Å². The second-order valence-corrected chi connectivity index (χ2v) is 8.44. The van der Waals surface area contributed by atoms with Crippen molar-refractivity contribution in [2.24, 2.45) is 0 Å². The number of aromatic nitrogens is 2. The Balaban J connectivity index is 1.52. The number of nitrogens with one attached hydrogen (secondary N) is 2. The molecule has 3 heterocycles. The first-order valence-corrected chi connectivity index (χ1v) is 10.2. The number of aryl methyl sites for hydroxylation is 1. The van der Waals surface area contributed by atoms with Crippen LogP contribution < -0.4 is 15.5 Å². The van der Waals surface area contributed by atoms with Crippen LogP contribution in [0.4, 0.5) is 11.8 Å². The van der Waals surface area contributed by atoms with E-state index in [2.05, 4.69) is 25.5 Å². The van der Waals surface area contributed by atoms with Crippen LogP contribution in [0.25, 0.3) is 0 Å². The molecule has 0 aromatic carbocycles. The molecule has 6 nitrogen and oxygen atoms in total. The Kier molecular flexibility index (Phi) is 6.56. The fourth-order valence-corrected chi connectivity index (χ4v) is 4.31. The van der Waals surface area contributed by atoms with E-state index in [0.29, 0.717) is 33.3 Å². The third-order valence-electron chi connectivity index (χ3n) is 4.12. The molecule has 2 N–H and O–H groups in total. The molecule has 9 heteroatoms. The van der Waals surface area contributed by atoms with E-state index in [4.69, 9.17) is 23.2 Å². The number of hydrogen-bond acceptors (Lipinski definition) is 6. The Morgan fingerprint density at radius 3 is 2.65 bits per heavy atom. The number of halogens is 2. The van der Waals surface area contributed by atoms with Gasteiger partial charge in [-0.25, -0.2) is 4.98 Å². The van der Waals surface area contributed by atoms with Crippen LogP contribution in [0.2, 0.25) is 8.67 Å². The minimum absolute atomic E-state index is 0.237. The van der Waals surface area contributed by atoms with Crippen molar-refractivity contribution < 1.29 is 4.79 Å². The number of rotatable bonds is 6. The Bertz CT molecular complexity index is 777. The molecular weight excluding hydrogens is 393 g/mol. The van der Waals surface area contributed by atoms with Crippen molar-refractivity contribution in [3.63, 3.8) is 0 Å². The maximum absolute atomic E-state index is 12.1. The molecule has 2 aromatic rings. The van der Waals surface area contributed by atoms with E-state index >= 15 is 0 Å². The molecule has 140 valence electrons. The third-order valence-corrected chi connectivity index (χ3v) is 5.60. The van der Waals surface area contributed by atoms with Gasteiger partial charge >= 0.3 is 0 Å². The van der Waals surface area contributed by atoms with Crippen molar-refractivity contribution in [3.8, 4) is 0 Å². The Hall–Kier alpha value is -1.57. The summed E-state index contributed by atoms with van der Waals surface area (Å²) in [5, 5.41) is 5.98. The molecule has 1 amide bonds. The molecular formula is C17H21Cl2N5OS. The van der Waals surface area contributed by atoms with Gasteiger partial charge < -0.3 is 15.5 Å². The monoisotopic (exact) mass is 413 g/mol. The SMILES string of the molecule is Cc1cc(N2CCCCC2)nc(NCCNC(=O)c2cc(Cl)sc2Cl)n1. The number of anilines is 2. The number of carbonyl (C=O) groups is 1. The van der Waals surface area contributed by atoms with E-state index in [0.717, 1.165) is 24.6 Å². The summed E-state index contributed by atoms with van der Waals surface area (Å²) < 4.78 is 0.894. The predicted molar refractivity (Wildman–Crippen MR) is 108 cm³/mol. The van der Waals surface area contributed by atoms with Crippen molar-refractivity contribution >= 4 is 52.2 Å². The molecule has 1 saturated heterocycles. The fourth-order valence-electron chi connectivity index (χ4n) is 2.86. The molecule has 0 atom stereocenters. The van der Waals surface area contributed by atoms with Gasteiger partial charge in [-0.3, -0.25) is 4.79 Å². The largest absolute Gasteiger partial charge is 0.356 e. The maximum atomic E-state index is 12.1. The molecule has 0 spiro atoms. The van der Waals surface area contributed by atoms with Gasteiger partial charge in [-0.1, -0.05) is 23.2 Å². The number of amides is 1. The molecule has 3 rings (SSSR count). The summed E-state index contributed by atoms with van der Waals surface area (Å²) in [5.41, 5.74) is 1.33. The minimum Gasteiger partial charge on any atom is -0.356 e. The van der Waals surface area contributed by atoms with Crippen LogP contribution in [-0.2, 0) is 0 Å². The third kappa shape index (κ3) is 4.99. The van der Waals surface area contributed by atoms with Crippen LogP contribution in [0.3, 0.4) is 0 Å². The van der Waals surface area contributed by atoms with Crippen LogP contribution >= 0.6 is 34.5 Å². The first-order valence-electron chi connectivity index (χ1n) is 8.60. The van der Waals surface area contributed by atoms with Gasteiger partial charge in [0, 0.05) is 37.9 Å². The number of nitrogens with zero attached hydrogens (tertiary/aromatic N) is 3. The molecule has 1 aliphatic rings. The highest BCUT2D eigenvalue weighted by atomic mass is 35.5. The van der Waals surface area contributed by atoms with Gasteiger partial charge in [-0.05, 0) is 32.3 Å². The summed E-state index contributed by atoms with van der Waals surface area (Å²) in [7, 11) is 0. The molecule has 2 aromatic heterocycles. The second kappa shape index (κ2) is 8.88. The van der Waals surface area contributed by atoms with Gasteiger partial charge in [0.05, 0.1) is 9.90 Å². The van der Waals surface area contributed by atoms with E-state index in [9.17, 15) is 4.79 Å². The number of hydrogen-bond donors (Lipinski definition) is 2. The number of thiophene rings is 1. The molecule has 0 saturated carbocycles. The van der Waals surface area contributed by atoms with Crippen molar-refractivity contribution in [1.29, 1.82) is 0 Å². The minimum atomic E-state index is -0.237. The molecule has 1 fully saturated rings. The Labute approximate surface area is 166 Å². The molecule has 0 bridgehead atoms. The lowest BCUT2D eigenvalue weighted by Gasteiger charge is -2.28. The summed E-state index contributed by atoms with van der Waals surface area (Å²) in [4.78, 5) is 23.4. The average Bonchev–Trinajstić information content (AvgIpc) is 2.97. The fraction of sp³-hybridized carbons (Fsp3) is 0.471. The maximum Gasteiger partial charge on any atom is 0.253 e. The molecule has 1 aliphatic heterocycles. The standard InChI is InChI=1S/C17H21Cl2N5OS/c1-11-9-14(24-7-3-2-4-8-24)23-17(22-11)21-6-5-20-16(25)12-10-13(18)26-15(12)19/h9-10H,2-8H2,1H3,(H,20,25)(H,21,22,23). The van der Waals surface area contributed by atoms with E-state index in [-0.39, 0.29) is 5.91 Å². The summed E-state index contributed by atoms with van der Waals surface area (Å²) in [6, 6.07) is 3.59. The van der Waals surface area contributed by atoms with Gasteiger partial charge in [-0.15, -0.1) is 11.3 Å². The van der Waals surface area contributed by atoms with Gasteiger partial charge in [0.2, 0.25) is 5.95 Å². The van der Waals surface area contributed by atoms with E-state index in [1.165, 1.54) is 30.6 Å². The van der Waals surface area contributed by atoms with Gasteiger partial charge in [0.25, 0.3) is 5.91 Å². The zero-order chi connectivity index (χ0) is 18.5. The normalized spacial score (nSPS) is 14.3. The lowest BCUT2D eigenvalue weighted by molar-refractivity contribution is 0.0956. The number of carbonyl (C=O) groups excluding carboxylic acids is 1. The summed E-state index contributed by atoms with van der Waals surface area (Å²) in [6.45, 7) is 4.99. The Morgan fingerprint density at radius 1 is 1.19 bits per heavy atom. The zero-order valence-corrected chi connectivity index (χ0v) is 16.8. The van der Waals surface area contributed by atoms with Gasteiger partial charge in [0.1, 0.15) is 10.2 Å². The molecule has 0 aliphatic carbocycles. The van der Waals surface area contributed by atoms with Crippen LogP contribution in [0.1, 0.15) is 35.3 Å². The average molecular weight is 414 g/mol. The lowest BCUT2D eigenvalue weighted by Crippen LogP contribution is -2.31. The smallest absolute Gasteiger partial charge is 0.253 e. The van der Waals surface area contributed by atoms with Crippen LogP contribution in [0.5, 0.6) is 0 Å². The van der Waals surface area contributed by atoms with Crippen molar-refractivity contribution in [3.05, 3.63) is 32.1 Å².